The standard InChI is InChI=1S/C9H5Cl2N/c10-9(11)5-7-1-3-8(6-12)4-2-7/h1-5H. The van der Waals surface area contributed by atoms with Crippen molar-refractivity contribution in [1.29, 1.82) is 5.26 Å². The second-order valence-electron chi connectivity index (χ2n) is 2.17. The lowest BCUT2D eigenvalue weighted by Gasteiger charge is -1.92. The molecule has 0 aliphatic heterocycles. The maximum Gasteiger partial charge on any atom is 0.107 e. The van der Waals surface area contributed by atoms with Gasteiger partial charge in [0, 0.05) is 0 Å². The Kier molecular flexibility index (Phi) is 3.16. The van der Waals surface area contributed by atoms with Crippen molar-refractivity contribution in [1.82, 2.24) is 0 Å². The molecule has 0 saturated heterocycles. The molecule has 0 N–H and O–H groups in total. The van der Waals surface area contributed by atoms with Crippen LogP contribution in [0, 0.1) is 11.3 Å². The van der Waals surface area contributed by atoms with Gasteiger partial charge in [-0.15, -0.1) is 0 Å². The van der Waals surface area contributed by atoms with Crippen LogP contribution in [0.1, 0.15) is 11.1 Å². The zero-order valence-corrected chi connectivity index (χ0v) is 7.60. The minimum absolute atomic E-state index is 0.208. The van der Waals surface area contributed by atoms with Gasteiger partial charge in [0.15, 0.2) is 0 Å². The summed E-state index contributed by atoms with van der Waals surface area (Å²) in [7, 11) is 0. The Bertz CT molecular complexity index is 329. The molecule has 12 heavy (non-hydrogen) atoms. The lowest BCUT2D eigenvalue weighted by molar-refractivity contribution is 1.48. The minimum atomic E-state index is 0.208. The van der Waals surface area contributed by atoms with Crippen LogP contribution in [-0.2, 0) is 0 Å². The van der Waals surface area contributed by atoms with Crippen molar-refractivity contribution in [2.75, 3.05) is 0 Å². The van der Waals surface area contributed by atoms with E-state index in [0.717, 1.165) is 5.56 Å². The Morgan fingerprint density at radius 2 is 1.83 bits per heavy atom. The molecule has 0 radical (unpaired) electrons. The van der Waals surface area contributed by atoms with E-state index < -0.39 is 0 Å². The van der Waals surface area contributed by atoms with E-state index in [1.807, 2.05) is 6.07 Å². The van der Waals surface area contributed by atoms with Gasteiger partial charge in [-0.25, -0.2) is 0 Å². The third-order valence-electron chi connectivity index (χ3n) is 1.32. The van der Waals surface area contributed by atoms with Gasteiger partial charge in [0.25, 0.3) is 0 Å². The summed E-state index contributed by atoms with van der Waals surface area (Å²) in [4.78, 5) is 0. The van der Waals surface area contributed by atoms with Gasteiger partial charge in [-0.2, -0.15) is 5.26 Å². The first kappa shape index (κ1) is 9.12. The monoisotopic (exact) mass is 197 g/mol. The van der Waals surface area contributed by atoms with E-state index in [1.54, 1.807) is 30.3 Å². The smallest absolute Gasteiger partial charge is 0.107 e. The Balaban J connectivity index is 2.95. The molecule has 1 aromatic rings. The number of halogens is 2. The van der Waals surface area contributed by atoms with Crippen LogP contribution in [0.25, 0.3) is 6.08 Å². The average molecular weight is 198 g/mol. The number of benzene rings is 1. The van der Waals surface area contributed by atoms with E-state index in [0.29, 0.717) is 5.56 Å². The molecule has 0 atom stereocenters. The molecular formula is C9H5Cl2N. The van der Waals surface area contributed by atoms with E-state index in [9.17, 15) is 0 Å². The SMILES string of the molecule is N#Cc1ccc(C=C(Cl)Cl)cc1. The van der Waals surface area contributed by atoms with Crippen LogP contribution in [0.15, 0.2) is 28.8 Å². The zero-order chi connectivity index (χ0) is 8.97. The lowest BCUT2D eigenvalue weighted by atomic mass is 10.1. The van der Waals surface area contributed by atoms with Crippen molar-refractivity contribution in [3.05, 3.63) is 39.9 Å². The van der Waals surface area contributed by atoms with Crippen molar-refractivity contribution >= 4 is 29.3 Å². The molecule has 1 rings (SSSR count). The molecule has 60 valence electrons. The van der Waals surface area contributed by atoms with Crippen LogP contribution >= 0.6 is 23.2 Å². The second kappa shape index (κ2) is 4.15. The van der Waals surface area contributed by atoms with E-state index >= 15 is 0 Å². The highest BCUT2D eigenvalue weighted by Gasteiger charge is 1.90. The minimum Gasteiger partial charge on any atom is -0.192 e. The van der Waals surface area contributed by atoms with E-state index in [-0.39, 0.29) is 4.49 Å². The molecule has 0 fully saturated rings. The van der Waals surface area contributed by atoms with Gasteiger partial charge >= 0.3 is 0 Å². The molecule has 0 aliphatic rings. The van der Waals surface area contributed by atoms with Gasteiger partial charge in [-0.05, 0) is 23.8 Å². The number of nitrogens with zero attached hydrogens (tertiary/aromatic N) is 1. The van der Waals surface area contributed by atoms with Crippen molar-refractivity contribution in [3.63, 3.8) is 0 Å². The Morgan fingerprint density at radius 3 is 2.25 bits per heavy atom. The Morgan fingerprint density at radius 1 is 1.25 bits per heavy atom. The molecule has 0 aliphatic carbocycles. The topological polar surface area (TPSA) is 23.8 Å². The highest BCUT2D eigenvalue weighted by atomic mass is 35.5. The van der Waals surface area contributed by atoms with Gasteiger partial charge in [-0.1, -0.05) is 35.3 Å². The van der Waals surface area contributed by atoms with Crippen molar-refractivity contribution in [2.45, 2.75) is 0 Å². The molecule has 0 aromatic heterocycles. The predicted octanol–water partition coefficient (Wildman–Crippen LogP) is 3.33. The fourth-order valence-corrected chi connectivity index (χ4v) is 1.03. The third-order valence-corrected chi connectivity index (χ3v) is 1.53. The van der Waals surface area contributed by atoms with Crippen LogP contribution < -0.4 is 0 Å². The summed E-state index contributed by atoms with van der Waals surface area (Å²) in [5.74, 6) is 0. The van der Waals surface area contributed by atoms with E-state index in [1.165, 1.54) is 0 Å². The summed E-state index contributed by atoms with van der Waals surface area (Å²) in [6.07, 6.45) is 1.62. The van der Waals surface area contributed by atoms with Crippen molar-refractivity contribution < 1.29 is 0 Å². The number of nitriles is 1. The summed E-state index contributed by atoms with van der Waals surface area (Å²) in [6.45, 7) is 0. The molecule has 0 amide bonds. The Labute approximate surface area is 80.8 Å². The highest BCUT2D eigenvalue weighted by molar-refractivity contribution is 6.57. The number of hydrogen-bond donors (Lipinski definition) is 0. The first-order chi connectivity index (χ1) is 5.72. The second-order valence-corrected chi connectivity index (χ2v) is 3.18. The van der Waals surface area contributed by atoms with Crippen molar-refractivity contribution in [3.8, 4) is 6.07 Å². The summed E-state index contributed by atoms with van der Waals surface area (Å²) in [5, 5.41) is 8.49. The first-order valence-corrected chi connectivity index (χ1v) is 4.01. The summed E-state index contributed by atoms with van der Waals surface area (Å²) in [6, 6.07) is 9.00. The highest BCUT2D eigenvalue weighted by Crippen LogP contribution is 2.13. The molecule has 0 heterocycles. The maximum absolute atomic E-state index is 8.49. The fourth-order valence-electron chi connectivity index (χ4n) is 0.780. The predicted molar refractivity (Wildman–Crippen MR) is 50.8 cm³/mol. The molecule has 0 unspecified atom stereocenters. The largest absolute Gasteiger partial charge is 0.192 e. The molecular weight excluding hydrogens is 193 g/mol. The van der Waals surface area contributed by atoms with Gasteiger partial charge in [0.2, 0.25) is 0 Å². The normalized spacial score (nSPS) is 8.75. The zero-order valence-electron chi connectivity index (χ0n) is 6.09. The number of rotatable bonds is 1. The summed E-state index contributed by atoms with van der Waals surface area (Å²) < 4.78 is 0.208. The van der Waals surface area contributed by atoms with Gasteiger partial charge < -0.3 is 0 Å². The van der Waals surface area contributed by atoms with Crippen LogP contribution in [-0.4, -0.2) is 0 Å². The molecule has 3 heteroatoms. The van der Waals surface area contributed by atoms with E-state index in [4.69, 9.17) is 28.5 Å². The Hall–Kier alpha value is -0.970. The molecule has 1 aromatic carbocycles. The van der Waals surface area contributed by atoms with E-state index in [2.05, 4.69) is 0 Å². The van der Waals surface area contributed by atoms with Crippen molar-refractivity contribution in [2.24, 2.45) is 0 Å². The summed E-state index contributed by atoms with van der Waals surface area (Å²) >= 11 is 10.9. The molecule has 1 nitrogen and oxygen atoms in total. The van der Waals surface area contributed by atoms with Crippen LogP contribution in [0.3, 0.4) is 0 Å². The maximum atomic E-state index is 8.49. The fraction of sp³-hybridized carbons (Fsp3) is 0. The lowest BCUT2D eigenvalue weighted by Crippen LogP contribution is -1.74. The van der Waals surface area contributed by atoms with Gasteiger partial charge in [0.1, 0.15) is 4.49 Å². The first-order valence-electron chi connectivity index (χ1n) is 3.25. The van der Waals surface area contributed by atoms with Gasteiger partial charge in [-0.3, -0.25) is 0 Å². The average Bonchev–Trinajstić information content (AvgIpc) is 2.05. The molecule has 0 bridgehead atoms. The number of hydrogen-bond acceptors (Lipinski definition) is 1. The molecule has 0 saturated carbocycles. The molecule has 0 spiro atoms. The third kappa shape index (κ3) is 2.58. The van der Waals surface area contributed by atoms with Crippen LogP contribution in [0.4, 0.5) is 0 Å². The van der Waals surface area contributed by atoms with Crippen LogP contribution in [0.5, 0.6) is 0 Å². The quantitative estimate of drug-likeness (QED) is 0.678. The van der Waals surface area contributed by atoms with Crippen LogP contribution in [0.2, 0.25) is 0 Å². The summed E-state index contributed by atoms with van der Waals surface area (Å²) in [5.41, 5.74) is 1.51. The van der Waals surface area contributed by atoms with Gasteiger partial charge in [0.05, 0.1) is 11.6 Å².